The van der Waals surface area contributed by atoms with Crippen LogP contribution in [0.5, 0.6) is 0 Å². The van der Waals surface area contributed by atoms with Crippen molar-refractivity contribution in [1.82, 2.24) is 14.6 Å². The van der Waals surface area contributed by atoms with Gasteiger partial charge in [-0.25, -0.2) is 17.7 Å². The Hall–Kier alpha value is -1.51. The number of carbonyl (C=O) groups is 2. The zero-order valence-corrected chi connectivity index (χ0v) is 16.8. The summed E-state index contributed by atoms with van der Waals surface area (Å²) >= 11 is 1.06. The van der Waals surface area contributed by atoms with Crippen LogP contribution in [0.15, 0.2) is 23.2 Å². The molecule has 14 heteroatoms. The minimum absolute atomic E-state index is 0. The summed E-state index contributed by atoms with van der Waals surface area (Å²) in [6.07, 6.45) is 1.07. The smallest absolute Gasteiger partial charge is 0.731 e. The molecule has 0 radical (unpaired) electrons. The molecule has 130 valence electrons. The normalized spacial score (nSPS) is 20.3. The monoisotopic (exact) mass is 397 g/mol. The van der Waals surface area contributed by atoms with Gasteiger partial charge < -0.3 is 20.4 Å². The van der Waals surface area contributed by atoms with Gasteiger partial charge in [-0.2, -0.15) is 0 Å². The van der Waals surface area contributed by atoms with E-state index in [-0.39, 0.29) is 50.4 Å². The molecule has 0 aliphatic carbocycles. The molecule has 1 fully saturated rings. The summed E-state index contributed by atoms with van der Waals surface area (Å²) in [4.78, 5) is 32.5. The van der Waals surface area contributed by atoms with Crippen molar-refractivity contribution in [3.63, 3.8) is 0 Å². The fraction of sp³-hybridized carbons (Fsp3) is 0.273. The SMILES string of the molecule is C=C[C@@H]1[C@H](NC(=O)C(=NOC)c2csc(N)n2)C(=O)N1S(=O)(=O)[O-].[Na+]. The van der Waals surface area contributed by atoms with Crippen LogP contribution in [0.25, 0.3) is 0 Å². The van der Waals surface area contributed by atoms with Crippen LogP contribution in [0.1, 0.15) is 5.69 Å². The van der Waals surface area contributed by atoms with Crippen molar-refractivity contribution >= 4 is 44.3 Å². The van der Waals surface area contributed by atoms with Crippen LogP contribution < -0.4 is 40.6 Å². The number of nitrogens with zero attached hydrogens (tertiary/aromatic N) is 3. The van der Waals surface area contributed by atoms with Crippen LogP contribution in [-0.4, -0.2) is 59.0 Å². The summed E-state index contributed by atoms with van der Waals surface area (Å²) < 4.78 is 33.1. The van der Waals surface area contributed by atoms with Crippen molar-refractivity contribution in [2.45, 2.75) is 12.1 Å². The van der Waals surface area contributed by atoms with Gasteiger partial charge in [0.05, 0.1) is 6.04 Å². The number of hydrogen-bond donors (Lipinski definition) is 2. The van der Waals surface area contributed by atoms with Crippen LogP contribution in [0.2, 0.25) is 0 Å². The maximum absolute atomic E-state index is 12.3. The van der Waals surface area contributed by atoms with E-state index in [0.29, 0.717) is 0 Å². The van der Waals surface area contributed by atoms with E-state index in [1.807, 2.05) is 0 Å². The molecule has 1 aromatic heterocycles. The number of nitrogens with two attached hydrogens (primary N) is 1. The standard InChI is InChI=1S/C11H13N5O6S2.Na/c1-3-6-8(10(18)16(6)24(19,20)21)14-9(17)7(15-22-2)5-4-23-11(12)13-5;/h3-4,6,8H,1H2,2H3,(H2,12,13)(H,14,17)(H,19,20,21);/q;+1/p-1/t6-,8+;/m1./s1. The Labute approximate surface area is 169 Å². The minimum Gasteiger partial charge on any atom is -0.731 e. The van der Waals surface area contributed by atoms with Gasteiger partial charge in [0.25, 0.3) is 11.8 Å². The average molecular weight is 397 g/mol. The molecule has 0 saturated carbocycles. The Bertz CT molecular complexity index is 823. The number of nitrogens with one attached hydrogen (secondary N) is 1. The zero-order chi connectivity index (χ0) is 18.1. The van der Waals surface area contributed by atoms with E-state index in [1.54, 1.807) is 0 Å². The summed E-state index contributed by atoms with van der Waals surface area (Å²) in [5, 5.41) is 7.44. The number of amides is 2. The van der Waals surface area contributed by atoms with Gasteiger partial charge in [-0.3, -0.25) is 9.59 Å². The van der Waals surface area contributed by atoms with Gasteiger partial charge in [-0.1, -0.05) is 11.2 Å². The molecule has 3 N–H and O–H groups in total. The van der Waals surface area contributed by atoms with E-state index in [1.165, 1.54) is 12.5 Å². The number of thiazole rings is 1. The Balaban J connectivity index is 0.00000312. The van der Waals surface area contributed by atoms with Crippen molar-refractivity contribution in [3.05, 3.63) is 23.7 Å². The largest absolute Gasteiger partial charge is 1.00 e. The molecule has 1 aromatic rings. The van der Waals surface area contributed by atoms with Gasteiger partial charge in [0, 0.05) is 5.38 Å². The van der Waals surface area contributed by atoms with E-state index in [0.717, 1.165) is 17.4 Å². The first-order valence-electron chi connectivity index (χ1n) is 6.25. The van der Waals surface area contributed by atoms with Crippen molar-refractivity contribution < 1.29 is 57.0 Å². The first kappa shape index (κ1) is 21.5. The number of anilines is 1. The second kappa shape index (κ2) is 8.25. The molecule has 1 aliphatic heterocycles. The van der Waals surface area contributed by atoms with Gasteiger partial charge >= 0.3 is 29.6 Å². The third-order valence-electron chi connectivity index (χ3n) is 3.03. The minimum atomic E-state index is -5.00. The molecule has 2 heterocycles. The molecular formula is C11H12N5NaO6S2. The third kappa shape index (κ3) is 4.37. The number of hydrogen-bond acceptors (Lipinski definition) is 10. The number of aromatic nitrogens is 1. The summed E-state index contributed by atoms with van der Waals surface area (Å²) in [6, 6.07) is -2.45. The first-order valence-corrected chi connectivity index (χ1v) is 8.50. The van der Waals surface area contributed by atoms with Gasteiger partial charge in [0.15, 0.2) is 21.1 Å². The van der Waals surface area contributed by atoms with E-state index in [2.05, 4.69) is 26.9 Å². The van der Waals surface area contributed by atoms with Gasteiger partial charge in [0.1, 0.15) is 18.8 Å². The Kier molecular flexibility index (Phi) is 7.10. The first-order chi connectivity index (χ1) is 11.2. The maximum atomic E-state index is 12.3. The maximum Gasteiger partial charge on any atom is 1.00 e. The summed E-state index contributed by atoms with van der Waals surface area (Å²) in [5.41, 5.74) is 5.35. The second-order valence-corrected chi connectivity index (χ2v) is 6.60. The van der Waals surface area contributed by atoms with Crippen LogP contribution in [0.3, 0.4) is 0 Å². The van der Waals surface area contributed by atoms with Crippen LogP contribution in [0, 0.1) is 0 Å². The molecular weight excluding hydrogens is 385 g/mol. The van der Waals surface area contributed by atoms with Crippen molar-refractivity contribution in [2.75, 3.05) is 12.8 Å². The van der Waals surface area contributed by atoms with Crippen molar-refractivity contribution in [2.24, 2.45) is 5.16 Å². The summed E-state index contributed by atoms with van der Waals surface area (Å²) in [5.74, 6) is -1.92. The fourth-order valence-electron chi connectivity index (χ4n) is 2.02. The molecule has 0 bridgehead atoms. The molecule has 2 amide bonds. The molecule has 2 atom stereocenters. The Morgan fingerprint density at radius 2 is 2.28 bits per heavy atom. The summed E-state index contributed by atoms with van der Waals surface area (Å²) in [6.45, 7) is 3.35. The van der Waals surface area contributed by atoms with Crippen LogP contribution in [0.4, 0.5) is 5.13 Å². The molecule has 1 saturated heterocycles. The second-order valence-electron chi connectivity index (χ2n) is 4.46. The van der Waals surface area contributed by atoms with E-state index in [9.17, 15) is 22.6 Å². The van der Waals surface area contributed by atoms with Gasteiger partial charge in [-0.15, -0.1) is 17.9 Å². The number of nitrogen functional groups attached to an aromatic ring is 1. The van der Waals surface area contributed by atoms with E-state index >= 15 is 0 Å². The molecule has 11 nitrogen and oxygen atoms in total. The predicted octanol–water partition coefficient (Wildman–Crippen LogP) is -4.58. The number of β-lactam (4-membered cyclic amide) rings is 1. The van der Waals surface area contributed by atoms with Gasteiger partial charge in [0.2, 0.25) is 0 Å². The fourth-order valence-corrected chi connectivity index (χ4v) is 3.41. The van der Waals surface area contributed by atoms with Crippen molar-refractivity contribution in [3.8, 4) is 0 Å². The molecule has 25 heavy (non-hydrogen) atoms. The molecule has 0 unspecified atom stereocenters. The average Bonchev–Trinajstić information content (AvgIpc) is 2.91. The van der Waals surface area contributed by atoms with E-state index < -0.39 is 34.2 Å². The quantitative estimate of drug-likeness (QED) is 0.121. The van der Waals surface area contributed by atoms with E-state index in [4.69, 9.17) is 5.73 Å². The zero-order valence-electron chi connectivity index (χ0n) is 13.2. The Morgan fingerprint density at radius 1 is 1.64 bits per heavy atom. The Morgan fingerprint density at radius 3 is 2.72 bits per heavy atom. The number of carbonyl (C=O) groups excluding carboxylic acids is 2. The van der Waals surface area contributed by atoms with Crippen LogP contribution >= 0.6 is 11.3 Å². The molecule has 0 spiro atoms. The van der Waals surface area contributed by atoms with Gasteiger partial charge in [-0.05, 0) is 0 Å². The number of oxime groups is 1. The van der Waals surface area contributed by atoms with Crippen LogP contribution in [-0.2, 0) is 24.7 Å². The third-order valence-corrected chi connectivity index (χ3v) is 4.61. The molecule has 1 aliphatic rings. The molecule has 0 aromatic carbocycles. The topological polar surface area (TPSA) is 167 Å². The predicted molar refractivity (Wildman–Crippen MR) is 82.5 cm³/mol. The summed E-state index contributed by atoms with van der Waals surface area (Å²) in [7, 11) is -3.79. The molecule has 2 rings (SSSR count). The van der Waals surface area contributed by atoms with Crippen molar-refractivity contribution in [1.29, 1.82) is 0 Å². The number of rotatable bonds is 6.